The molecule has 0 aromatic heterocycles. The number of piperidine rings is 1. The molecule has 0 radical (unpaired) electrons. The van der Waals surface area contributed by atoms with Crippen LogP contribution in [0.3, 0.4) is 0 Å². The predicted molar refractivity (Wildman–Crippen MR) is 96.5 cm³/mol. The Morgan fingerprint density at radius 1 is 1.25 bits per heavy atom. The predicted octanol–water partition coefficient (Wildman–Crippen LogP) is 2.64. The minimum atomic E-state index is -0.514. The molecular formula is C20H28N2O2. The van der Waals surface area contributed by atoms with Gasteiger partial charge in [-0.15, -0.1) is 6.42 Å². The second kappa shape index (κ2) is 7.38. The molecule has 1 aliphatic heterocycles. The van der Waals surface area contributed by atoms with Crippen molar-refractivity contribution >= 4 is 5.91 Å². The lowest BCUT2D eigenvalue weighted by Crippen LogP contribution is -2.55. The molecule has 1 amide bonds. The number of likely N-dealkylation sites (N-methyl/N-ethyl adjacent to an activating group) is 1. The number of rotatable bonds is 4. The monoisotopic (exact) mass is 328 g/mol. The molecule has 1 fully saturated rings. The highest BCUT2D eigenvalue weighted by Crippen LogP contribution is 2.28. The Kier molecular flexibility index (Phi) is 5.69. The zero-order chi connectivity index (χ0) is 17.9. The molecule has 0 bridgehead atoms. The highest BCUT2D eigenvalue weighted by atomic mass is 16.7. The van der Waals surface area contributed by atoms with Crippen molar-refractivity contribution in [3.63, 3.8) is 0 Å². The van der Waals surface area contributed by atoms with Crippen LogP contribution in [0.25, 0.3) is 0 Å². The van der Waals surface area contributed by atoms with Crippen LogP contribution in [0, 0.1) is 33.1 Å². The summed E-state index contributed by atoms with van der Waals surface area (Å²) in [5, 5.41) is 1.89. The number of hydrogen-bond donors (Lipinski definition) is 0. The van der Waals surface area contributed by atoms with Gasteiger partial charge in [0.15, 0.2) is 0 Å². The standard InChI is InChI=1S/C20H28N2O2/c1-7-20(8-10-22(24-6)11-9-20)21(5)19(23)14-18-13-16(3)15(2)12-17(18)4/h1,12-13H,8-11,14H2,2-6H3. The fraction of sp³-hybridized carbons (Fsp3) is 0.550. The van der Waals surface area contributed by atoms with Crippen LogP contribution in [0.1, 0.15) is 35.1 Å². The Morgan fingerprint density at radius 3 is 2.38 bits per heavy atom. The highest BCUT2D eigenvalue weighted by molar-refractivity contribution is 5.80. The van der Waals surface area contributed by atoms with E-state index < -0.39 is 5.54 Å². The van der Waals surface area contributed by atoms with E-state index in [1.807, 2.05) is 12.1 Å². The van der Waals surface area contributed by atoms with Crippen LogP contribution in [-0.2, 0) is 16.1 Å². The van der Waals surface area contributed by atoms with Crippen LogP contribution >= 0.6 is 0 Å². The first kappa shape index (κ1) is 18.5. The van der Waals surface area contributed by atoms with Crippen molar-refractivity contribution in [2.75, 3.05) is 27.2 Å². The Labute approximate surface area is 145 Å². The molecule has 4 heteroatoms. The number of benzene rings is 1. The SMILES string of the molecule is C#CC1(N(C)C(=O)Cc2cc(C)c(C)cc2C)CCN(OC)CC1. The number of amides is 1. The normalized spacial score (nSPS) is 17.3. The summed E-state index contributed by atoms with van der Waals surface area (Å²) in [7, 11) is 3.50. The van der Waals surface area contributed by atoms with E-state index in [1.54, 1.807) is 12.0 Å². The quantitative estimate of drug-likeness (QED) is 0.797. The average molecular weight is 328 g/mol. The first-order chi connectivity index (χ1) is 11.3. The molecule has 0 aliphatic carbocycles. The minimum Gasteiger partial charge on any atom is -0.329 e. The van der Waals surface area contributed by atoms with Gasteiger partial charge in [-0.3, -0.25) is 4.79 Å². The first-order valence-electron chi connectivity index (χ1n) is 8.43. The van der Waals surface area contributed by atoms with Gasteiger partial charge in [0.2, 0.25) is 5.91 Å². The number of nitrogens with zero attached hydrogens (tertiary/aromatic N) is 2. The van der Waals surface area contributed by atoms with E-state index in [0.717, 1.165) is 37.1 Å². The molecule has 0 spiro atoms. The number of carbonyl (C=O) groups is 1. The second-order valence-electron chi connectivity index (χ2n) is 6.78. The molecule has 2 rings (SSSR count). The Balaban J connectivity index is 2.14. The van der Waals surface area contributed by atoms with Gasteiger partial charge in [0.05, 0.1) is 13.5 Å². The van der Waals surface area contributed by atoms with Crippen LogP contribution in [0.4, 0.5) is 0 Å². The zero-order valence-corrected chi connectivity index (χ0v) is 15.5. The number of aryl methyl sites for hydroxylation is 3. The summed E-state index contributed by atoms with van der Waals surface area (Å²) in [6.45, 7) is 7.71. The van der Waals surface area contributed by atoms with E-state index in [9.17, 15) is 4.79 Å². The van der Waals surface area contributed by atoms with Gasteiger partial charge < -0.3 is 9.74 Å². The fourth-order valence-corrected chi connectivity index (χ4v) is 3.35. The van der Waals surface area contributed by atoms with Crippen LogP contribution < -0.4 is 0 Å². The van der Waals surface area contributed by atoms with Crippen LogP contribution in [0.15, 0.2) is 12.1 Å². The maximum absolute atomic E-state index is 12.9. The van der Waals surface area contributed by atoms with Gasteiger partial charge in [-0.1, -0.05) is 18.1 Å². The summed E-state index contributed by atoms with van der Waals surface area (Å²) in [6.07, 6.45) is 7.67. The van der Waals surface area contributed by atoms with E-state index in [-0.39, 0.29) is 5.91 Å². The number of terminal acetylenes is 1. The molecule has 0 N–H and O–H groups in total. The lowest BCUT2D eigenvalue weighted by Gasteiger charge is -2.43. The van der Waals surface area contributed by atoms with Crippen molar-refractivity contribution in [2.45, 2.75) is 45.6 Å². The molecule has 0 saturated carbocycles. The summed E-state index contributed by atoms with van der Waals surface area (Å²) in [5.74, 6) is 2.96. The van der Waals surface area contributed by atoms with E-state index in [2.05, 4.69) is 38.8 Å². The summed E-state index contributed by atoms with van der Waals surface area (Å²) in [4.78, 5) is 19.9. The summed E-state index contributed by atoms with van der Waals surface area (Å²) in [6, 6.07) is 4.26. The molecule has 1 saturated heterocycles. The van der Waals surface area contributed by atoms with Crippen molar-refractivity contribution in [3.8, 4) is 12.3 Å². The molecule has 1 heterocycles. The molecule has 1 aromatic carbocycles. The molecule has 0 unspecified atom stereocenters. The van der Waals surface area contributed by atoms with Gasteiger partial charge in [-0.2, -0.15) is 5.06 Å². The molecule has 1 aromatic rings. The van der Waals surface area contributed by atoms with E-state index in [0.29, 0.717) is 6.42 Å². The lowest BCUT2D eigenvalue weighted by atomic mass is 9.86. The third-order valence-corrected chi connectivity index (χ3v) is 5.39. The maximum Gasteiger partial charge on any atom is 0.227 e. The van der Waals surface area contributed by atoms with Crippen molar-refractivity contribution < 1.29 is 9.63 Å². The molecule has 24 heavy (non-hydrogen) atoms. The molecule has 4 nitrogen and oxygen atoms in total. The van der Waals surface area contributed by atoms with Gasteiger partial charge in [0.25, 0.3) is 0 Å². The third-order valence-electron chi connectivity index (χ3n) is 5.39. The highest BCUT2D eigenvalue weighted by Gasteiger charge is 2.39. The second-order valence-corrected chi connectivity index (χ2v) is 6.78. The van der Waals surface area contributed by atoms with Crippen molar-refractivity contribution in [3.05, 3.63) is 34.4 Å². The Morgan fingerprint density at radius 2 is 1.83 bits per heavy atom. The van der Waals surface area contributed by atoms with Gasteiger partial charge in [-0.25, -0.2) is 0 Å². The van der Waals surface area contributed by atoms with E-state index in [4.69, 9.17) is 11.3 Å². The van der Waals surface area contributed by atoms with Crippen LogP contribution in [0.2, 0.25) is 0 Å². The molecule has 0 atom stereocenters. The van der Waals surface area contributed by atoms with Gasteiger partial charge in [0, 0.05) is 20.1 Å². The number of carbonyl (C=O) groups excluding carboxylic acids is 1. The van der Waals surface area contributed by atoms with Crippen molar-refractivity contribution in [1.82, 2.24) is 9.96 Å². The van der Waals surface area contributed by atoms with Gasteiger partial charge >= 0.3 is 0 Å². The van der Waals surface area contributed by atoms with Crippen molar-refractivity contribution in [1.29, 1.82) is 0 Å². The Bertz CT molecular complexity index is 652. The minimum absolute atomic E-state index is 0.0742. The summed E-state index contributed by atoms with van der Waals surface area (Å²) in [5.41, 5.74) is 4.19. The molecular weight excluding hydrogens is 300 g/mol. The zero-order valence-electron chi connectivity index (χ0n) is 15.5. The van der Waals surface area contributed by atoms with Crippen LogP contribution in [-0.4, -0.2) is 48.7 Å². The lowest BCUT2D eigenvalue weighted by molar-refractivity contribution is -0.161. The topological polar surface area (TPSA) is 32.8 Å². The third kappa shape index (κ3) is 3.63. The van der Waals surface area contributed by atoms with Crippen LogP contribution in [0.5, 0.6) is 0 Å². The fourth-order valence-electron chi connectivity index (χ4n) is 3.35. The molecule has 1 aliphatic rings. The average Bonchev–Trinajstić information content (AvgIpc) is 2.59. The van der Waals surface area contributed by atoms with E-state index in [1.165, 1.54) is 11.1 Å². The summed E-state index contributed by atoms with van der Waals surface area (Å²) < 4.78 is 0. The van der Waals surface area contributed by atoms with E-state index >= 15 is 0 Å². The number of hydrogen-bond acceptors (Lipinski definition) is 3. The van der Waals surface area contributed by atoms with Gasteiger partial charge in [0.1, 0.15) is 5.54 Å². The smallest absolute Gasteiger partial charge is 0.227 e. The van der Waals surface area contributed by atoms with Gasteiger partial charge in [-0.05, 0) is 55.9 Å². The first-order valence-corrected chi connectivity index (χ1v) is 8.43. The van der Waals surface area contributed by atoms with Crippen molar-refractivity contribution in [2.24, 2.45) is 0 Å². The summed E-state index contributed by atoms with van der Waals surface area (Å²) >= 11 is 0. The number of hydroxylamine groups is 2. The maximum atomic E-state index is 12.9. The Hall–Kier alpha value is -1.83. The largest absolute Gasteiger partial charge is 0.329 e. The molecule has 130 valence electrons.